The van der Waals surface area contributed by atoms with Crippen LogP contribution in [0.1, 0.15) is 60.9 Å². The highest BCUT2D eigenvalue weighted by atomic mass is 16.5. The third kappa shape index (κ3) is 5.08. The van der Waals surface area contributed by atoms with Gasteiger partial charge in [-0.1, -0.05) is 25.1 Å². The van der Waals surface area contributed by atoms with E-state index in [2.05, 4.69) is 15.5 Å². The van der Waals surface area contributed by atoms with Crippen molar-refractivity contribution in [3.05, 3.63) is 63.3 Å². The molecule has 1 atom stereocenters. The Bertz CT molecular complexity index is 1170. The van der Waals surface area contributed by atoms with Crippen molar-refractivity contribution in [1.29, 1.82) is 0 Å². The molecule has 2 aromatic heterocycles. The topological polar surface area (TPSA) is 148 Å². The Hall–Kier alpha value is -3.82. The lowest BCUT2D eigenvalue weighted by molar-refractivity contribution is -0.121. The molecular weight excluding hydrogens is 418 g/mol. The second kappa shape index (κ2) is 9.54. The van der Waals surface area contributed by atoms with E-state index in [9.17, 15) is 19.8 Å². The fraction of sp³-hybridized carbons (Fsp3) is 0.364. The molecule has 1 amide bonds. The first-order valence-corrected chi connectivity index (χ1v) is 9.99. The van der Waals surface area contributed by atoms with Gasteiger partial charge in [0.25, 0.3) is 0 Å². The van der Waals surface area contributed by atoms with Gasteiger partial charge < -0.3 is 29.2 Å². The van der Waals surface area contributed by atoms with E-state index in [4.69, 9.17) is 13.7 Å². The van der Waals surface area contributed by atoms with E-state index < -0.39 is 23.0 Å². The van der Waals surface area contributed by atoms with Gasteiger partial charge in [0, 0.05) is 18.4 Å². The number of hydrogen-bond acceptors (Lipinski definition) is 9. The molecule has 0 aliphatic rings. The van der Waals surface area contributed by atoms with Gasteiger partial charge in [0.15, 0.2) is 23.1 Å². The predicted octanol–water partition coefficient (Wildman–Crippen LogP) is 2.71. The maximum absolute atomic E-state index is 12.7. The van der Waals surface area contributed by atoms with Crippen LogP contribution in [0.25, 0.3) is 0 Å². The number of aryl methyl sites for hydroxylation is 1. The van der Waals surface area contributed by atoms with E-state index in [0.29, 0.717) is 11.4 Å². The molecule has 170 valence electrons. The van der Waals surface area contributed by atoms with Crippen molar-refractivity contribution in [2.75, 3.05) is 7.11 Å². The summed E-state index contributed by atoms with van der Waals surface area (Å²) in [4.78, 5) is 29.1. The van der Waals surface area contributed by atoms with E-state index >= 15 is 0 Å². The van der Waals surface area contributed by atoms with Crippen molar-refractivity contribution in [3.63, 3.8) is 0 Å². The van der Waals surface area contributed by atoms with Gasteiger partial charge in [0.05, 0.1) is 19.6 Å². The molecule has 3 N–H and O–H groups in total. The van der Waals surface area contributed by atoms with Gasteiger partial charge in [0.2, 0.25) is 23.0 Å². The molecule has 32 heavy (non-hydrogen) atoms. The summed E-state index contributed by atoms with van der Waals surface area (Å²) in [7, 11) is 1.39. The number of amides is 1. The minimum atomic E-state index is -0.828. The third-order valence-corrected chi connectivity index (χ3v) is 4.82. The van der Waals surface area contributed by atoms with E-state index in [1.54, 1.807) is 13.0 Å². The van der Waals surface area contributed by atoms with Crippen LogP contribution in [0.15, 0.2) is 38.0 Å². The second-order valence-electron chi connectivity index (χ2n) is 7.60. The first-order valence-electron chi connectivity index (χ1n) is 9.99. The van der Waals surface area contributed by atoms with Crippen LogP contribution in [0.2, 0.25) is 0 Å². The molecule has 0 saturated carbocycles. The molecule has 0 saturated heterocycles. The van der Waals surface area contributed by atoms with E-state index in [1.165, 1.54) is 19.2 Å². The summed E-state index contributed by atoms with van der Waals surface area (Å²) in [5.41, 5.74) is -0.120. The molecule has 0 unspecified atom stereocenters. The summed E-state index contributed by atoms with van der Waals surface area (Å²) in [5.74, 6) is -0.626. The third-order valence-electron chi connectivity index (χ3n) is 4.82. The summed E-state index contributed by atoms with van der Waals surface area (Å²) in [6.07, 6.45) is -0.168. The summed E-state index contributed by atoms with van der Waals surface area (Å²) in [5, 5.41) is 26.8. The van der Waals surface area contributed by atoms with Gasteiger partial charge >= 0.3 is 0 Å². The van der Waals surface area contributed by atoms with Gasteiger partial charge in [-0.05, 0) is 24.6 Å². The first kappa shape index (κ1) is 22.9. The Balaban J connectivity index is 1.89. The van der Waals surface area contributed by atoms with Crippen molar-refractivity contribution in [3.8, 4) is 17.2 Å². The number of phenolic OH excluding ortho intramolecular Hbond substituents is 1. The van der Waals surface area contributed by atoms with Gasteiger partial charge in [-0.2, -0.15) is 4.98 Å². The smallest absolute Gasteiger partial charge is 0.246 e. The normalized spacial score (nSPS) is 12.0. The minimum absolute atomic E-state index is 0.0217. The maximum atomic E-state index is 12.7. The number of phenols is 1. The summed E-state index contributed by atoms with van der Waals surface area (Å²) >= 11 is 0. The fourth-order valence-electron chi connectivity index (χ4n) is 3.14. The van der Waals surface area contributed by atoms with Crippen molar-refractivity contribution in [2.24, 2.45) is 0 Å². The Kier molecular flexibility index (Phi) is 6.82. The molecule has 0 radical (unpaired) electrons. The Morgan fingerprint density at radius 2 is 2.00 bits per heavy atom. The Morgan fingerprint density at radius 1 is 1.25 bits per heavy atom. The van der Waals surface area contributed by atoms with Crippen LogP contribution >= 0.6 is 0 Å². The number of rotatable bonds is 8. The number of aromatic hydroxyl groups is 2. The molecule has 3 rings (SSSR count). The average Bonchev–Trinajstić information content (AvgIpc) is 3.23. The van der Waals surface area contributed by atoms with Gasteiger partial charge in [-0.25, -0.2) is 0 Å². The summed E-state index contributed by atoms with van der Waals surface area (Å²) in [6.45, 7) is 5.44. The van der Waals surface area contributed by atoms with Crippen LogP contribution in [0.5, 0.6) is 17.2 Å². The zero-order valence-electron chi connectivity index (χ0n) is 18.2. The monoisotopic (exact) mass is 443 g/mol. The lowest BCUT2D eigenvalue weighted by Crippen LogP contribution is -2.25. The van der Waals surface area contributed by atoms with Crippen molar-refractivity contribution in [1.82, 2.24) is 15.5 Å². The molecule has 0 fully saturated rings. The maximum Gasteiger partial charge on any atom is 0.246 e. The molecule has 0 spiro atoms. The van der Waals surface area contributed by atoms with Crippen LogP contribution in [-0.2, 0) is 11.3 Å². The molecule has 3 aromatic rings. The number of methoxy groups -OCH3 is 1. The van der Waals surface area contributed by atoms with Crippen LogP contribution in [0.4, 0.5) is 0 Å². The van der Waals surface area contributed by atoms with Crippen LogP contribution in [0, 0.1) is 6.92 Å². The number of hydrogen-bond donors (Lipinski definition) is 3. The quantitative estimate of drug-likeness (QED) is 0.478. The number of nitrogens with one attached hydrogen (secondary N) is 1. The summed E-state index contributed by atoms with van der Waals surface area (Å²) < 4.78 is 15.9. The Labute approximate surface area is 183 Å². The van der Waals surface area contributed by atoms with Crippen LogP contribution < -0.4 is 15.5 Å². The zero-order chi connectivity index (χ0) is 23.4. The van der Waals surface area contributed by atoms with E-state index in [1.807, 2.05) is 13.8 Å². The van der Waals surface area contributed by atoms with E-state index in [0.717, 1.165) is 6.07 Å². The number of carbonyl (C=O) groups excluding carboxylic acids is 1. The number of nitrogens with zero attached hydrogens (tertiary/aromatic N) is 2. The molecule has 1 aromatic carbocycles. The SMILES string of the molecule is COc1cc([C@@H](CC(=O)NCc2nc(C(C)C)no2)c2oc(C)cc(=O)c2O)ccc1O. The first-order chi connectivity index (χ1) is 15.2. The average molecular weight is 443 g/mol. The standard InChI is InChI=1S/C22H25N3O7/c1-11(2)22-24-19(32-25-22)10-23-18(28)9-14(13-5-6-15(26)17(8-13)30-4)21-20(29)16(27)7-12(3)31-21/h5-8,11,14,26,29H,9-10H2,1-4H3,(H,23,28)/t14-/m1/s1. The Morgan fingerprint density at radius 3 is 2.66 bits per heavy atom. The van der Waals surface area contributed by atoms with Gasteiger partial charge in [-0.3, -0.25) is 9.59 Å². The second-order valence-corrected chi connectivity index (χ2v) is 7.60. The van der Waals surface area contributed by atoms with E-state index in [-0.39, 0.29) is 47.8 Å². The molecule has 2 heterocycles. The molecule has 10 nitrogen and oxygen atoms in total. The largest absolute Gasteiger partial charge is 0.504 e. The van der Waals surface area contributed by atoms with Crippen LogP contribution in [0.3, 0.4) is 0 Å². The van der Waals surface area contributed by atoms with Gasteiger partial charge in [-0.15, -0.1) is 0 Å². The van der Waals surface area contributed by atoms with Crippen LogP contribution in [-0.4, -0.2) is 33.4 Å². The van der Waals surface area contributed by atoms with Crippen molar-refractivity contribution >= 4 is 5.91 Å². The molecule has 0 aliphatic heterocycles. The highest BCUT2D eigenvalue weighted by Gasteiger charge is 2.27. The van der Waals surface area contributed by atoms with Crippen molar-refractivity contribution in [2.45, 2.75) is 45.6 Å². The lowest BCUT2D eigenvalue weighted by atomic mass is 9.91. The van der Waals surface area contributed by atoms with Crippen molar-refractivity contribution < 1.29 is 28.7 Å². The summed E-state index contributed by atoms with van der Waals surface area (Å²) in [6, 6.07) is 5.64. The van der Waals surface area contributed by atoms with Gasteiger partial charge in [0.1, 0.15) is 5.76 Å². The molecule has 10 heteroatoms. The number of carbonyl (C=O) groups is 1. The zero-order valence-corrected chi connectivity index (χ0v) is 18.2. The number of aromatic nitrogens is 2. The minimum Gasteiger partial charge on any atom is -0.504 e. The molecule has 0 aliphatic carbocycles. The lowest BCUT2D eigenvalue weighted by Gasteiger charge is -2.18. The highest BCUT2D eigenvalue weighted by molar-refractivity contribution is 5.77. The molecular formula is C22H25N3O7. The number of benzene rings is 1. The highest BCUT2D eigenvalue weighted by Crippen LogP contribution is 2.37. The number of ether oxygens (including phenoxy) is 1. The predicted molar refractivity (Wildman–Crippen MR) is 113 cm³/mol. The molecule has 0 bridgehead atoms. The fourth-order valence-corrected chi connectivity index (χ4v) is 3.14.